The van der Waals surface area contributed by atoms with E-state index in [1.54, 1.807) is 12.3 Å². The molecule has 62 heavy (non-hydrogen) atoms. The quantitative estimate of drug-likeness (QED) is 0.182. The molecule has 0 saturated heterocycles. The average Bonchev–Trinajstić information content (AvgIpc) is 3.66. The molecule has 0 aliphatic carbocycles. The first-order valence-electron chi connectivity index (χ1n) is 25.7. The summed E-state index contributed by atoms with van der Waals surface area (Å²) < 4.78 is 81.1. The highest BCUT2D eigenvalue weighted by Crippen LogP contribution is 2.46. The molecule has 4 nitrogen and oxygen atoms in total. The average molecular weight is 825 g/mol. The number of benzene rings is 6. The van der Waals surface area contributed by atoms with E-state index in [0.29, 0.717) is 44.8 Å². The zero-order valence-electron chi connectivity index (χ0n) is 46.1. The van der Waals surface area contributed by atoms with Crippen LogP contribution in [0.5, 0.6) is 5.75 Å². The zero-order chi connectivity index (χ0) is 51.9. The third-order valence-electron chi connectivity index (χ3n) is 11.7. The van der Waals surface area contributed by atoms with E-state index >= 15 is 0 Å². The fourth-order valence-electron chi connectivity index (χ4n) is 8.25. The maximum atomic E-state index is 12.6. The van der Waals surface area contributed by atoms with Crippen molar-refractivity contribution in [2.75, 3.05) is 0 Å². The van der Waals surface area contributed by atoms with Crippen LogP contribution in [0.1, 0.15) is 117 Å². The molecule has 0 fully saturated rings. The number of hydrogen-bond donors (Lipinski definition) is 1. The Morgan fingerprint density at radius 3 is 1.71 bits per heavy atom. The Morgan fingerprint density at radius 1 is 0.484 bits per heavy atom. The van der Waals surface area contributed by atoms with E-state index in [1.165, 1.54) is 12.1 Å². The Hall–Kier alpha value is -6.26. The second kappa shape index (κ2) is 15.6. The Kier molecular flexibility index (Phi) is 8.15. The summed E-state index contributed by atoms with van der Waals surface area (Å²) in [5.41, 5.74) is 5.41. The first-order chi connectivity index (χ1) is 32.9. The molecule has 8 rings (SSSR count). The van der Waals surface area contributed by atoms with Crippen molar-refractivity contribution >= 4 is 11.0 Å². The van der Waals surface area contributed by atoms with Crippen molar-refractivity contribution in [2.24, 2.45) is 0 Å². The zero-order valence-corrected chi connectivity index (χ0v) is 37.1. The maximum absolute atomic E-state index is 12.6. The predicted octanol–water partition coefficient (Wildman–Crippen LogP) is 15.7. The monoisotopic (exact) mass is 825 g/mol. The molecule has 0 amide bonds. The summed E-state index contributed by atoms with van der Waals surface area (Å²) in [6, 6.07) is 44.0. The summed E-state index contributed by atoms with van der Waals surface area (Å²) in [6.07, 6.45) is 1.61. The van der Waals surface area contributed by atoms with E-state index in [-0.39, 0.29) is 11.2 Å². The molecule has 314 valence electrons. The summed E-state index contributed by atoms with van der Waals surface area (Å²) in [5, 5.41) is 12.6. The smallest absolute Gasteiger partial charge is 0.149 e. The molecular formula is C58H61N3O. The SMILES string of the molecule is [2H]C([2H])([2H])C(c1cc(-c2cc(-c3ccccc3)ccn2)cc(-c2cccc3c2nc(-c2cc(C(C)(C)C)cc(C(C)(C)C)c2O)n3-c2ccc(-c3ccccc3)cc2C(C)(C)C)c1)(C([2H])([2H])[2H])C([2H])([2H])[2H]. The van der Waals surface area contributed by atoms with E-state index in [9.17, 15) is 5.11 Å². The van der Waals surface area contributed by atoms with Gasteiger partial charge in [-0.05, 0) is 115 Å². The van der Waals surface area contributed by atoms with Crippen LogP contribution < -0.4 is 0 Å². The number of imidazole rings is 1. The summed E-state index contributed by atoms with van der Waals surface area (Å²) in [5.74, 6) is 0.517. The van der Waals surface area contributed by atoms with Crippen LogP contribution in [0.25, 0.3) is 72.7 Å². The largest absolute Gasteiger partial charge is 0.507 e. The lowest BCUT2D eigenvalue weighted by Gasteiger charge is -2.28. The van der Waals surface area contributed by atoms with E-state index in [0.717, 1.165) is 44.6 Å². The fraction of sp³-hybridized carbons (Fsp3) is 0.276. The topological polar surface area (TPSA) is 50.9 Å². The number of hydrogen-bond acceptors (Lipinski definition) is 3. The predicted molar refractivity (Wildman–Crippen MR) is 263 cm³/mol. The van der Waals surface area contributed by atoms with E-state index in [2.05, 4.69) is 103 Å². The van der Waals surface area contributed by atoms with E-state index in [4.69, 9.17) is 22.3 Å². The normalized spacial score (nSPS) is 15.3. The van der Waals surface area contributed by atoms with Crippen LogP contribution in [0.3, 0.4) is 0 Å². The molecule has 0 bridgehead atoms. The molecule has 4 heteroatoms. The van der Waals surface area contributed by atoms with Crippen molar-refractivity contribution in [3.8, 4) is 67.5 Å². The fourth-order valence-corrected chi connectivity index (χ4v) is 8.25. The van der Waals surface area contributed by atoms with Crippen molar-refractivity contribution in [3.63, 3.8) is 0 Å². The van der Waals surface area contributed by atoms with Gasteiger partial charge in [0.05, 0.1) is 28.0 Å². The number of phenolic OH excluding ortho intramolecular Hbond substituents is 1. The van der Waals surface area contributed by atoms with Crippen molar-refractivity contribution < 1.29 is 17.4 Å². The van der Waals surface area contributed by atoms with Gasteiger partial charge in [0.1, 0.15) is 11.6 Å². The van der Waals surface area contributed by atoms with Gasteiger partial charge in [-0.15, -0.1) is 0 Å². The van der Waals surface area contributed by atoms with Crippen LogP contribution >= 0.6 is 0 Å². The molecule has 0 spiro atoms. The number of phenols is 1. The second-order valence-corrected chi connectivity index (χ2v) is 19.6. The van der Waals surface area contributed by atoms with Crippen LogP contribution in [-0.2, 0) is 21.7 Å². The number of para-hydroxylation sites is 1. The molecule has 0 radical (unpaired) electrons. The molecule has 0 atom stereocenters. The molecule has 8 aromatic rings. The lowest BCUT2D eigenvalue weighted by Crippen LogP contribution is -2.18. The first-order valence-corrected chi connectivity index (χ1v) is 21.2. The number of fused-ring (bicyclic) bond motifs is 1. The van der Waals surface area contributed by atoms with Crippen molar-refractivity contribution in [1.82, 2.24) is 14.5 Å². The van der Waals surface area contributed by atoms with Gasteiger partial charge in [0.25, 0.3) is 0 Å². The Labute approximate surface area is 382 Å². The third-order valence-corrected chi connectivity index (χ3v) is 11.7. The van der Waals surface area contributed by atoms with Crippen LogP contribution in [0.2, 0.25) is 0 Å². The third kappa shape index (κ3) is 8.23. The highest BCUT2D eigenvalue weighted by atomic mass is 16.3. The number of rotatable bonds is 6. The van der Waals surface area contributed by atoms with Gasteiger partial charge in [0.2, 0.25) is 0 Å². The number of nitrogens with zero attached hydrogens (tertiary/aromatic N) is 3. The second-order valence-electron chi connectivity index (χ2n) is 19.6. The number of aromatic hydroxyl groups is 1. The maximum Gasteiger partial charge on any atom is 0.149 e. The molecule has 2 heterocycles. The minimum absolute atomic E-state index is 0.0771. The van der Waals surface area contributed by atoms with Gasteiger partial charge in [-0.25, -0.2) is 4.98 Å². The van der Waals surface area contributed by atoms with Gasteiger partial charge in [-0.3, -0.25) is 9.55 Å². The van der Waals surface area contributed by atoms with Gasteiger partial charge in [-0.2, -0.15) is 0 Å². The molecule has 2 aromatic heterocycles. The number of aromatic nitrogens is 3. The molecular weight excluding hydrogens is 755 g/mol. The van der Waals surface area contributed by atoms with E-state index < -0.39 is 42.4 Å². The summed E-state index contributed by atoms with van der Waals surface area (Å²) in [7, 11) is 0. The van der Waals surface area contributed by atoms with Gasteiger partial charge in [0.15, 0.2) is 0 Å². The van der Waals surface area contributed by atoms with Gasteiger partial charge in [-0.1, -0.05) is 174 Å². The molecule has 0 aliphatic heterocycles. The van der Waals surface area contributed by atoms with Crippen molar-refractivity contribution in [1.29, 1.82) is 0 Å². The van der Waals surface area contributed by atoms with Crippen LogP contribution in [-0.4, -0.2) is 19.6 Å². The highest BCUT2D eigenvalue weighted by Gasteiger charge is 2.30. The van der Waals surface area contributed by atoms with Crippen molar-refractivity contribution in [2.45, 2.75) is 105 Å². The van der Waals surface area contributed by atoms with Gasteiger partial charge in [0, 0.05) is 35.2 Å². The Balaban J connectivity index is 1.53. The lowest BCUT2D eigenvalue weighted by molar-refractivity contribution is 0.446. The van der Waals surface area contributed by atoms with E-state index in [1.807, 2.05) is 84.9 Å². The highest BCUT2D eigenvalue weighted by molar-refractivity contribution is 5.97. The minimum Gasteiger partial charge on any atom is -0.507 e. The standard InChI is InChI=1S/C58H61N3O/c1-55(2,3)43-31-41(30-42(32-43)49-34-40(28-29-59-49)38-22-17-14-18-23-38)45-24-19-25-51-52(45)60-54(46-35-44(56(4,5)6)36-48(53(46)62)58(10,11)12)61(51)50-27-26-39(33-47(50)57(7,8)9)37-20-15-13-16-21-37/h13-36,62H,1-12H3/i1D3,2D3,3D3. The van der Waals surface area contributed by atoms with Crippen molar-refractivity contribution in [3.05, 3.63) is 168 Å². The first kappa shape index (κ1) is 32.5. The minimum atomic E-state index is -3.53. The number of pyridine rings is 1. The summed E-state index contributed by atoms with van der Waals surface area (Å²) in [4.78, 5) is 10.2. The Morgan fingerprint density at radius 2 is 1.10 bits per heavy atom. The van der Waals surface area contributed by atoms with Crippen LogP contribution in [0.4, 0.5) is 0 Å². The molecule has 1 N–H and O–H groups in total. The van der Waals surface area contributed by atoms with Crippen LogP contribution in [0, 0.1) is 0 Å². The molecule has 6 aromatic carbocycles. The lowest BCUT2D eigenvalue weighted by atomic mass is 9.78. The summed E-state index contributed by atoms with van der Waals surface area (Å²) in [6.45, 7) is 8.43. The molecule has 0 aliphatic rings. The molecule has 0 saturated carbocycles. The van der Waals surface area contributed by atoms with Gasteiger partial charge < -0.3 is 5.11 Å². The van der Waals surface area contributed by atoms with Crippen LogP contribution in [0.15, 0.2) is 146 Å². The molecule has 0 unspecified atom stereocenters. The summed E-state index contributed by atoms with van der Waals surface area (Å²) >= 11 is 0. The van der Waals surface area contributed by atoms with Gasteiger partial charge >= 0.3 is 0 Å². The Bertz CT molecular complexity index is 3240.